The molecule has 0 bridgehead atoms. The molecule has 1 amide bonds. The molecule has 2 atom stereocenters. The lowest BCUT2D eigenvalue weighted by atomic mass is 10.1. The molecule has 1 rings (SSSR count). The van der Waals surface area contributed by atoms with Crippen molar-refractivity contribution >= 4 is 29.1 Å². The molecule has 0 aromatic heterocycles. The maximum absolute atomic E-state index is 12.0. The van der Waals surface area contributed by atoms with Crippen molar-refractivity contribution in [1.29, 1.82) is 0 Å². The fourth-order valence-electron chi connectivity index (χ4n) is 1.98. The second-order valence-electron chi connectivity index (χ2n) is 4.81. The maximum atomic E-state index is 12.0. The van der Waals surface area contributed by atoms with E-state index in [4.69, 9.17) is 23.2 Å². The largest absolute Gasteiger partial charge is 0.387 e. The molecule has 0 radical (unpaired) electrons. The zero-order chi connectivity index (χ0) is 15.3. The quantitative estimate of drug-likeness (QED) is 0.847. The van der Waals surface area contributed by atoms with Gasteiger partial charge in [-0.05, 0) is 32.6 Å². The Balaban J connectivity index is 2.63. The molecule has 1 aromatic carbocycles. The number of nitrogens with one attached hydrogen (secondary N) is 1. The van der Waals surface area contributed by atoms with E-state index in [0.717, 1.165) is 0 Å². The second kappa shape index (κ2) is 7.84. The van der Waals surface area contributed by atoms with Crippen LogP contribution < -0.4 is 5.32 Å². The van der Waals surface area contributed by atoms with Crippen molar-refractivity contribution in [2.45, 2.75) is 25.5 Å². The van der Waals surface area contributed by atoms with E-state index in [1.165, 1.54) is 0 Å². The summed E-state index contributed by atoms with van der Waals surface area (Å²) in [6.45, 7) is 2.06. The zero-order valence-corrected chi connectivity index (χ0v) is 13.4. The number of hydrogen-bond acceptors (Lipinski definition) is 3. The van der Waals surface area contributed by atoms with Gasteiger partial charge in [0.2, 0.25) is 5.91 Å². The van der Waals surface area contributed by atoms with Gasteiger partial charge in [-0.25, -0.2) is 0 Å². The number of amides is 1. The predicted molar refractivity (Wildman–Crippen MR) is 82.2 cm³/mol. The van der Waals surface area contributed by atoms with Crippen LogP contribution >= 0.6 is 23.2 Å². The first-order chi connectivity index (χ1) is 9.36. The summed E-state index contributed by atoms with van der Waals surface area (Å²) in [7, 11) is 3.69. The highest BCUT2D eigenvalue weighted by Crippen LogP contribution is 2.25. The Morgan fingerprint density at radius 3 is 2.55 bits per heavy atom. The van der Waals surface area contributed by atoms with Crippen LogP contribution in [0.3, 0.4) is 0 Å². The van der Waals surface area contributed by atoms with Crippen LogP contribution in [-0.4, -0.2) is 42.6 Å². The van der Waals surface area contributed by atoms with E-state index in [2.05, 4.69) is 5.32 Å². The van der Waals surface area contributed by atoms with Gasteiger partial charge in [0.15, 0.2) is 0 Å². The number of hydrogen-bond donors (Lipinski definition) is 2. The Bertz CT molecular complexity index is 466. The molecule has 0 aliphatic carbocycles. The SMILES string of the molecule is CCC(C(=O)NCC(O)c1ccc(Cl)cc1Cl)N(C)C. The number of benzene rings is 1. The standard InChI is InChI=1S/C14H20Cl2N2O2/c1-4-12(18(2)3)14(20)17-8-13(19)10-6-5-9(15)7-11(10)16/h5-7,12-13,19H,4,8H2,1-3H3,(H,17,20). The topological polar surface area (TPSA) is 52.6 Å². The summed E-state index contributed by atoms with van der Waals surface area (Å²) in [5, 5.41) is 13.7. The molecule has 6 heteroatoms. The smallest absolute Gasteiger partial charge is 0.237 e. The molecule has 2 unspecified atom stereocenters. The lowest BCUT2D eigenvalue weighted by Gasteiger charge is -2.23. The van der Waals surface area contributed by atoms with Crippen molar-refractivity contribution in [2.75, 3.05) is 20.6 Å². The van der Waals surface area contributed by atoms with Crippen LogP contribution in [0, 0.1) is 0 Å². The minimum Gasteiger partial charge on any atom is -0.387 e. The summed E-state index contributed by atoms with van der Waals surface area (Å²) < 4.78 is 0. The predicted octanol–water partition coefficient (Wildman–Crippen LogP) is 2.48. The number of aliphatic hydroxyl groups excluding tert-OH is 1. The summed E-state index contributed by atoms with van der Waals surface area (Å²) in [5.41, 5.74) is 0.550. The normalized spacial score (nSPS) is 14.2. The summed E-state index contributed by atoms with van der Waals surface area (Å²) in [5.74, 6) is -0.110. The van der Waals surface area contributed by atoms with Crippen molar-refractivity contribution < 1.29 is 9.90 Å². The molecule has 0 spiro atoms. The van der Waals surface area contributed by atoms with Gasteiger partial charge in [0.25, 0.3) is 0 Å². The fourth-order valence-corrected chi connectivity index (χ4v) is 2.52. The molecule has 0 saturated heterocycles. The van der Waals surface area contributed by atoms with Gasteiger partial charge in [-0.2, -0.15) is 0 Å². The average Bonchev–Trinajstić information content (AvgIpc) is 2.36. The highest BCUT2D eigenvalue weighted by Gasteiger charge is 2.20. The monoisotopic (exact) mass is 318 g/mol. The van der Waals surface area contributed by atoms with Crippen LogP contribution in [0.15, 0.2) is 18.2 Å². The van der Waals surface area contributed by atoms with E-state index in [9.17, 15) is 9.90 Å². The van der Waals surface area contributed by atoms with Crippen molar-refractivity contribution in [3.63, 3.8) is 0 Å². The number of aliphatic hydroxyl groups is 1. The van der Waals surface area contributed by atoms with Gasteiger partial charge in [0.05, 0.1) is 12.1 Å². The summed E-state index contributed by atoms with van der Waals surface area (Å²) in [6, 6.07) is 4.67. The van der Waals surface area contributed by atoms with Crippen LogP contribution in [0.25, 0.3) is 0 Å². The van der Waals surface area contributed by atoms with E-state index >= 15 is 0 Å². The van der Waals surface area contributed by atoms with Gasteiger partial charge in [0, 0.05) is 22.2 Å². The average molecular weight is 319 g/mol. The molecule has 0 aliphatic heterocycles. The van der Waals surface area contributed by atoms with E-state index in [0.29, 0.717) is 22.0 Å². The maximum Gasteiger partial charge on any atom is 0.237 e. The highest BCUT2D eigenvalue weighted by molar-refractivity contribution is 6.35. The molecule has 0 aliphatic rings. The first-order valence-corrected chi connectivity index (χ1v) is 7.19. The van der Waals surface area contributed by atoms with Gasteiger partial charge in [-0.3, -0.25) is 9.69 Å². The number of carbonyl (C=O) groups excluding carboxylic acids is 1. The van der Waals surface area contributed by atoms with Gasteiger partial charge in [0.1, 0.15) is 0 Å². The molecular weight excluding hydrogens is 299 g/mol. The Labute approximate surface area is 129 Å². The number of halogens is 2. The molecule has 1 aromatic rings. The van der Waals surface area contributed by atoms with Gasteiger partial charge >= 0.3 is 0 Å². The summed E-state index contributed by atoms with van der Waals surface area (Å²) in [4.78, 5) is 13.8. The van der Waals surface area contributed by atoms with Crippen molar-refractivity contribution in [3.8, 4) is 0 Å². The number of likely N-dealkylation sites (N-methyl/N-ethyl adjacent to an activating group) is 1. The Hall–Kier alpha value is -0.810. The number of carbonyl (C=O) groups is 1. The van der Waals surface area contributed by atoms with Crippen LogP contribution in [0.5, 0.6) is 0 Å². The molecule has 0 fully saturated rings. The lowest BCUT2D eigenvalue weighted by Crippen LogP contribution is -2.44. The highest BCUT2D eigenvalue weighted by atomic mass is 35.5. The molecule has 4 nitrogen and oxygen atoms in total. The van der Waals surface area contributed by atoms with E-state index < -0.39 is 6.10 Å². The van der Waals surface area contributed by atoms with Gasteiger partial charge in [-0.15, -0.1) is 0 Å². The van der Waals surface area contributed by atoms with Crippen molar-refractivity contribution in [2.24, 2.45) is 0 Å². The van der Waals surface area contributed by atoms with E-state index in [1.807, 2.05) is 25.9 Å². The van der Waals surface area contributed by atoms with Crippen molar-refractivity contribution in [1.82, 2.24) is 10.2 Å². The molecule has 0 heterocycles. The van der Waals surface area contributed by atoms with E-state index in [1.54, 1.807) is 18.2 Å². The molecule has 112 valence electrons. The van der Waals surface area contributed by atoms with Crippen LogP contribution in [0.4, 0.5) is 0 Å². The first kappa shape index (κ1) is 17.2. The van der Waals surface area contributed by atoms with Crippen LogP contribution in [-0.2, 0) is 4.79 Å². The third-order valence-corrected chi connectivity index (χ3v) is 3.67. The van der Waals surface area contributed by atoms with Crippen molar-refractivity contribution in [3.05, 3.63) is 33.8 Å². The number of rotatable bonds is 6. The van der Waals surface area contributed by atoms with E-state index in [-0.39, 0.29) is 18.5 Å². The molecule has 2 N–H and O–H groups in total. The Morgan fingerprint density at radius 2 is 2.05 bits per heavy atom. The number of nitrogens with zero attached hydrogens (tertiary/aromatic N) is 1. The summed E-state index contributed by atoms with van der Waals surface area (Å²) in [6.07, 6.45) is -0.153. The lowest BCUT2D eigenvalue weighted by molar-refractivity contribution is -0.126. The molecule has 20 heavy (non-hydrogen) atoms. The molecular formula is C14H20Cl2N2O2. The molecule has 0 saturated carbocycles. The third kappa shape index (κ3) is 4.63. The first-order valence-electron chi connectivity index (χ1n) is 6.44. The summed E-state index contributed by atoms with van der Waals surface area (Å²) >= 11 is 11.8. The van der Waals surface area contributed by atoms with Crippen LogP contribution in [0.1, 0.15) is 25.0 Å². The van der Waals surface area contributed by atoms with Gasteiger partial charge in [-0.1, -0.05) is 36.2 Å². The zero-order valence-electron chi connectivity index (χ0n) is 11.9. The Morgan fingerprint density at radius 1 is 1.40 bits per heavy atom. The Kier molecular flexibility index (Phi) is 6.76. The third-order valence-electron chi connectivity index (χ3n) is 3.10. The minimum absolute atomic E-state index is 0.110. The van der Waals surface area contributed by atoms with Gasteiger partial charge < -0.3 is 10.4 Å². The second-order valence-corrected chi connectivity index (χ2v) is 5.66. The fraction of sp³-hybridized carbons (Fsp3) is 0.500. The minimum atomic E-state index is -0.858. The van der Waals surface area contributed by atoms with Crippen LogP contribution in [0.2, 0.25) is 10.0 Å².